The van der Waals surface area contributed by atoms with Crippen molar-refractivity contribution in [3.05, 3.63) is 77.6 Å². The molecule has 11 nitrogen and oxygen atoms in total. The molecular formula is C23H23N3O8S2. The number of rotatable bonds is 10. The average Bonchev–Trinajstić information content (AvgIpc) is 2.80. The molecule has 1 heterocycles. The second kappa shape index (κ2) is 11.4. The van der Waals surface area contributed by atoms with Crippen molar-refractivity contribution in [2.45, 2.75) is 16.2 Å². The van der Waals surface area contributed by atoms with Gasteiger partial charge in [0.05, 0.1) is 9.79 Å². The third kappa shape index (κ3) is 7.68. The topological polar surface area (TPSA) is 187 Å². The van der Waals surface area contributed by atoms with Gasteiger partial charge < -0.3 is 10.2 Å². The van der Waals surface area contributed by atoms with E-state index in [1.54, 1.807) is 12.3 Å². The van der Waals surface area contributed by atoms with E-state index in [1.165, 1.54) is 12.4 Å². The first-order chi connectivity index (χ1) is 16.9. The molecule has 0 saturated heterocycles. The molecule has 3 rings (SSSR count). The Morgan fingerprint density at radius 1 is 0.778 bits per heavy atom. The monoisotopic (exact) mass is 533 g/mol. The molecule has 0 bridgehead atoms. The number of phenols is 2. The largest absolute Gasteiger partial charge is 0.507 e. The van der Waals surface area contributed by atoms with Crippen LogP contribution >= 0.6 is 0 Å². The van der Waals surface area contributed by atoms with E-state index in [0.29, 0.717) is 6.42 Å². The number of hydrogen-bond acceptors (Lipinski definition) is 9. The van der Waals surface area contributed by atoms with Crippen molar-refractivity contribution >= 4 is 32.7 Å². The van der Waals surface area contributed by atoms with Crippen LogP contribution < -0.4 is 0 Å². The number of nitrogens with zero attached hydrogens (tertiary/aromatic N) is 3. The zero-order chi connectivity index (χ0) is 26.3. The van der Waals surface area contributed by atoms with Gasteiger partial charge in [-0.15, -0.1) is 0 Å². The number of phenolic OH excluding ortho intramolecular Hbond substituents is 2. The van der Waals surface area contributed by atoms with Crippen LogP contribution in [0.25, 0.3) is 0 Å². The van der Waals surface area contributed by atoms with Gasteiger partial charge in [0.2, 0.25) is 0 Å². The van der Waals surface area contributed by atoms with Gasteiger partial charge in [0.15, 0.2) is 0 Å². The first kappa shape index (κ1) is 26.9. The van der Waals surface area contributed by atoms with Crippen molar-refractivity contribution < 1.29 is 36.2 Å². The van der Waals surface area contributed by atoms with E-state index in [1.807, 2.05) is 12.1 Å². The van der Waals surface area contributed by atoms with E-state index < -0.39 is 20.2 Å². The molecule has 36 heavy (non-hydrogen) atoms. The van der Waals surface area contributed by atoms with Gasteiger partial charge in [-0.25, -0.2) is 0 Å². The predicted molar refractivity (Wildman–Crippen MR) is 132 cm³/mol. The highest BCUT2D eigenvalue weighted by Gasteiger charge is 2.14. The summed E-state index contributed by atoms with van der Waals surface area (Å²) < 4.78 is 63.9. The summed E-state index contributed by atoms with van der Waals surface area (Å²) in [5.74, 6) is -0.662. The summed E-state index contributed by atoms with van der Waals surface area (Å²) in [6, 6.07) is 12.0. The lowest BCUT2D eigenvalue weighted by Crippen LogP contribution is -2.14. The van der Waals surface area contributed by atoms with Crippen molar-refractivity contribution in [3.8, 4) is 11.5 Å². The molecule has 0 unspecified atom stereocenters. The SMILES string of the molecule is O=S(=O)(O)c1ccc(O)c(C=NCC(CN=Cc2cc(S(=O)(=O)O)ccc2O)Cc2ccccn2)c1. The molecule has 4 N–H and O–H groups in total. The van der Waals surface area contributed by atoms with Crippen LogP contribution in [0.2, 0.25) is 0 Å². The summed E-state index contributed by atoms with van der Waals surface area (Å²) in [6.45, 7) is 0.390. The molecule has 13 heteroatoms. The van der Waals surface area contributed by atoms with Crippen LogP contribution in [-0.2, 0) is 26.7 Å². The maximum atomic E-state index is 11.4. The van der Waals surface area contributed by atoms with Crippen LogP contribution in [0.1, 0.15) is 16.8 Å². The molecular weight excluding hydrogens is 510 g/mol. The van der Waals surface area contributed by atoms with Gasteiger partial charge in [0, 0.05) is 54.5 Å². The third-order valence-electron chi connectivity index (χ3n) is 5.01. The molecule has 0 saturated carbocycles. The summed E-state index contributed by atoms with van der Waals surface area (Å²) >= 11 is 0. The van der Waals surface area contributed by atoms with Gasteiger partial charge >= 0.3 is 0 Å². The van der Waals surface area contributed by atoms with Crippen LogP contribution in [0.5, 0.6) is 11.5 Å². The van der Waals surface area contributed by atoms with Crippen LogP contribution in [0.4, 0.5) is 0 Å². The molecule has 0 spiro atoms. The van der Waals surface area contributed by atoms with E-state index in [-0.39, 0.29) is 51.4 Å². The van der Waals surface area contributed by atoms with Gasteiger partial charge in [-0.05, 0) is 55.0 Å². The summed E-state index contributed by atoms with van der Waals surface area (Å²) in [6.07, 6.45) is 4.65. The molecule has 0 radical (unpaired) electrons. The highest BCUT2D eigenvalue weighted by atomic mass is 32.2. The number of hydrogen-bond donors (Lipinski definition) is 4. The Morgan fingerprint density at radius 3 is 1.69 bits per heavy atom. The zero-order valence-electron chi connectivity index (χ0n) is 18.7. The van der Waals surface area contributed by atoms with E-state index in [4.69, 9.17) is 0 Å². The molecule has 0 aliphatic heterocycles. The van der Waals surface area contributed by atoms with E-state index in [0.717, 1.165) is 42.1 Å². The molecule has 0 aliphatic carbocycles. The van der Waals surface area contributed by atoms with Crippen LogP contribution in [0, 0.1) is 5.92 Å². The number of aromatic hydroxyl groups is 2. The van der Waals surface area contributed by atoms with Gasteiger partial charge in [0.1, 0.15) is 11.5 Å². The first-order valence-corrected chi connectivity index (χ1v) is 13.3. The van der Waals surface area contributed by atoms with Crippen molar-refractivity contribution in [2.75, 3.05) is 13.1 Å². The Morgan fingerprint density at radius 2 is 1.28 bits per heavy atom. The van der Waals surface area contributed by atoms with E-state index in [2.05, 4.69) is 15.0 Å². The number of benzene rings is 2. The standard InChI is InChI=1S/C23H23N3O8S2/c27-22-6-4-20(35(29,30)31)10-17(22)14-24-12-16(9-19-3-1-2-8-26-19)13-25-15-18-11-21(36(32,33)34)5-7-23(18)28/h1-8,10-11,14-16,27-28H,9,12-13H2,(H,29,30,31)(H,32,33,34). The lowest BCUT2D eigenvalue weighted by Gasteiger charge is -2.12. The maximum Gasteiger partial charge on any atom is 0.294 e. The Balaban J connectivity index is 1.80. The van der Waals surface area contributed by atoms with Crippen LogP contribution in [0.3, 0.4) is 0 Å². The fourth-order valence-electron chi connectivity index (χ4n) is 3.19. The quantitative estimate of drug-likeness (QED) is 0.224. The van der Waals surface area contributed by atoms with Crippen LogP contribution in [0.15, 0.2) is 80.6 Å². The molecule has 0 aliphatic rings. The van der Waals surface area contributed by atoms with Crippen LogP contribution in [-0.4, -0.2) is 66.7 Å². The lowest BCUT2D eigenvalue weighted by molar-refractivity contribution is 0.470. The summed E-state index contributed by atoms with van der Waals surface area (Å²) in [5, 5.41) is 20.0. The number of pyridine rings is 1. The minimum absolute atomic E-state index is 0.0946. The lowest BCUT2D eigenvalue weighted by atomic mass is 10.0. The van der Waals surface area contributed by atoms with E-state index in [9.17, 15) is 36.2 Å². The highest BCUT2D eigenvalue weighted by Crippen LogP contribution is 2.21. The fourth-order valence-corrected chi connectivity index (χ4v) is 4.23. The van der Waals surface area contributed by atoms with Crippen molar-refractivity contribution in [2.24, 2.45) is 15.9 Å². The van der Waals surface area contributed by atoms with Gasteiger partial charge in [-0.3, -0.25) is 24.1 Å². The number of aromatic nitrogens is 1. The Bertz CT molecular complexity index is 1400. The van der Waals surface area contributed by atoms with Gasteiger partial charge in [-0.1, -0.05) is 6.07 Å². The highest BCUT2D eigenvalue weighted by molar-refractivity contribution is 7.86. The van der Waals surface area contributed by atoms with Gasteiger partial charge in [-0.2, -0.15) is 16.8 Å². The zero-order valence-corrected chi connectivity index (χ0v) is 20.3. The van der Waals surface area contributed by atoms with E-state index >= 15 is 0 Å². The minimum atomic E-state index is -4.45. The summed E-state index contributed by atoms with van der Waals surface area (Å²) in [7, 11) is -8.90. The normalized spacial score (nSPS) is 13.4. The van der Waals surface area contributed by atoms with Crippen molar-refractivity contribution in [1.82, 2.24) is 4.98 Å². The molecule has 0 fully saturated rings. The van der Waals surface area contributed by atoms with Gasteiger partial charge in [0.25, 0.3) is 20.2 Å². The molecule has 3 aromatic rings. The molecule has 190 valence electrons. The van der Waals surface area contributed by atoms with Crippen molar-refractivity contribution in [1.29, 1.82) is 0 Å². The Kier molecular flexibility index (Phi) is 8.53. The molecule has 0 amide bonds. The molecule has 2 aromatic carbocycles. The summed E-state index contributed by atoms with van der Waals surface area (Å²) in [4.78, 5) is 12.1. The summed E-state index contributed by atoms with van der Waals surface area (Å²) in [5.41, 5.74) is 0.953. The second-order valence-electron chi connectivity index (χ2n) is 7.77. The Hall–Kier alpha value is -3.65. The minimum Gasteiger partial charge on any atom is -0.507 e. The first-order valence-electron chi connectivity index (χ1n) is 10.4. The Labute approximate surface area is 208 Å². The predicted octanol–water partition coefficient (Wildman–Crippen LogP) is 2.38. The van der Waals surface area contributed by atoms with Crippen molar-refractivity contribution in [3.63, 3.8) is 0 Å². The fraction of sp³-hybridized carbons (Fsp3) is 0.174. The maximum absolute atomic E-state index is 11.4. The molecule has 0 atom stereocenters. The second-order valence-corrected chi connectivity index (χ2v) is 10.6. The smallest absolute Gasteiger partial charge is 0.294 e. The third-order valence-corrected chi connectivity index (χ3v) is 6.70. The number of aliphatic imine (C=N–C) groups is 2. The molecule has 1 aromatic heterocycles. The average molecular weight is 534 g/mol.